The number of nitrogens with zero attached hydrogens (tertiary/aromatic N) is 4. The molecule has 1 saturated heterocycles. The van der Waals surface area contributed by atoms with Gasteiger partial charge in [-0.3, -0.25) is 9.69 Å². The number of aromatic nitrogens is 2. The normalized spacial score (nSPS) is 18.1. The summed E-state index contributed by atoms with van der Waals surface area (Å²) in [5.41, 5.74) is 1.07. The number of hydrogen-bond acceptors (Lipinski definition) is 5. The van der Waals surface area contributed by atoms with Crippen LogP contribution >= 0.6 is 0 Å². The molecule has 1 aliphatic heterocycles. The summed E-state index contributed by atoms with van der Waals surface area (Å²) < 4.78 is 5.21. The molecule has 0 bridgehead atoms. The second-order valence-electron chi connectivity index (χ2n) is 5.89. The summed E-state index contributed by atoms with van der Waals surface area (Å²) >= 11 is 0. The molecule has 2 aromatic rings. The molecule has 0 atom stereocenters. The van der Waals surface area contributed by atoms with Crippen molar-refractivity contribution in [2.75, 3.05) is 6.54 Å². The van der Waals surface area contributed by atoms with Crippen LogP contribution in [0.25, 0.3) is 0 Å². The van der Waals surface area contributed by atoms with Crippen LogP contribution in [0.15, 0.2) is 34.9 Å². The standard InChI is InChI=1S/C16H16N4O3/c21-15-10-19(12-6-7-12)16(22)20(15)9-13-17-14(23-18-13)8-11-4-2-1-3-5-11/h1-5,12H,6-10H2. The number of amides is 3. The van der Waals surface area contributed by atoms with Crippen LogP contribution in [-0.4, -0.2) is 44.5 Å². The fourth-order valence-corrected chi connectivity index (χ4v) is 2.73. The van der Waals surface area contributed by atoms with Gasteiger partial charge in [-0.1, -0.05) is 35.5 Å². The molecule has 2 aliphatic rings. The first-order valence-electron chi connectivity index (χ1n) is 7.67. The molecule has 118 valence electrons. The predicted molar refractivity (Wildman–Crippen MR) is 79.2 cm³/mol. The van der Waals surface area contributed by atoms with E-state index < -0.39 is 0 Å². The zero-order valence-electron chi connectivity index (χ0n) is 12.5. The van der Waals surface area contributed by atoms with Crippen molar-refractivity contribution in [1.82, 2.24) is 19.9 Å². The third-order valence-electron chi connectivity index (χ3n) is 4.08. The fraction of sp³-hybridized carbons (Fsp3) is 0.375. The molecule has 4 rings (SSSR count). The zero-order chi connectivity index (χ0) is 15.8. The number of imide groups is 1. The maximum Gasteiger partial charge on any atom is 0.327 e. The van der Waals surface area contributed by atoms with Crippen LogP contribution in [0.1, 0.15) is 30.1 Å². The number of carbonyl (C=O) groups excluding carboxylic acids is 2. The quantitative estimate of drug-likeness (QED) is 0.783. The van der Waals surface area contributed by atoms with E-state index in [0.717, 1.165) is 18.4 Å². The molecule has 23 heavy (non-hydrogen) atoms. The third-order valence-corrected chi connectivity index (χ3v) is 4.08. The van der Waals surface area contributed by atoms with Crippen molar-refractivity contribution in [1.29, 1.82) is 0 Å². The molecule has 2 fully saturated rings. The molecule has 0 spiro atoms. The Bertz CT molecular complexity index is 739. The van der Waals surface area contributed by atoms with E-state index in [-0.39, 0.29) is 31.1 Å². The molecular weight excluding hydrogens is 296 g/mol. The molecule has 1 aromatic heterocycles. The maximum absolute atomic E-state index is 12.2. The fourth-order valence-electron chi connectivity index (χ4n) is 2.73. The average Bonchev–Trinajstić information content (AvgIpc) is 3.25. The van der Waals surface area contributed by atoms with Gasteiger partial charge in [0.2, 0.25) is 5.89 Å². The minimum atomic E-state index is -0.244. The predicted octanol–water partition coefficient (Wildman–Crippen LogP) is 1.59. The number of benzene rings is 1. The minimum absolute atomic E-state index is 0.0686. The van der Waals surface area contributed by atoms with Crippen molar-refractivity contribution in [2.45, 2.75) is 31.8 Å². The molecule has 3 amide bonds. The highest BCUT2D eigenvalue weighted by Gasteiger charge is 2.43. The highest BCUT2D eigenvalue weighted by molar-refractivity contribution is 6.02. The number of rotatable bonds is 5. The van der Waals surface area contributed by atoms with Gasteiger partial charge in [-0.15, -0.1) is 0 Å². The van der Waals surface area contributed by atoms with E-state index in [1.54, 1.807) is 4.90 Å². The van der Waals surface area contributed by atoms with Crippen molar-refractivity contribution in [3.8, 4) is 0 Å². The van der Waals surface area contributed by atoms with Gasteiger partial charge in [0.15, 0.2) is 5.82 Å². The Morgan fingerprint density at radius 3 is 2.70 bits per heavy atom. The summed E-state index contributed by atoms with van der Waals surface area (Å²) in [6.45, 7) is 0.234. The van der Waals surface area contributed by atoms with Crippen molar-refractivity contribution >= 4 is 11.9 Å². The lowest BCUT2D eigenvalue weighted by Gasteiger charge is -2.14. The zero-order valence-corrected chi connectivity index (χ0v) is 12.5. The lowest BCUT2D eigenvalue weighted by molar-refractivity contribution is -0.125. The van der Waals surface area contributed by atoms with Crippen LogP contribution in [0.5, 0.6) is 0 Å². The molecule has 7 heteroatoms. The van der Waals surface area contributed by atoms with E-state index in [4.69, 9.17) is 4.52 Å². The van der Waals surface area contributed by atoms with Gasteiger partial charge in [0, 0.05) is 6.04 Å². The first-order chi connectivity index (χ1) is 11.2. The smallest absolute Gasteiger partial charge is 0.327 e. The van der Waals surface area contributed by atoms with Crippen molar-refractivity contribution in [2.24, 2.45) is 0 Å². The second-order valence-corrected chi connectivity index (χ2v) is 5.89. The monoisotopic (exact) mass is 312 g/mol. The van der Waals surface area contributed by atoms with Crippen LogP contribution in [-0.2, 0) is 17.8 Å². The molecule has 0 N–H and O–H groups in total. The first kappa shape index (κ1) is 13.9. The largest absolute Gasteiger partial charge is 0.339 e. The first-order valence-corrected chi connectivity index (χ1v) is 7.67. The van der Waals surface area contributed by atoms with Crippen LogP contribution in [0, 0.1) is 0 Å². The highest BCUT2D eigenvalue weighted by atomic mass is 16.5. The van der Waals surface area contributed by atoms with E-state index in [1.807, 2.05) is 30.3 Å². The SMILES string of the molecule is O=C1CN(C2CC2)C(=O)N1Cc1noc(Cc2ccccc2)n1. The summed E-state index contributed by atoms with van der Waals surface area (Å²) in [4.78, 5) is 31.4. The van der Waals surface area contributed by atoms with Gasteiger partial charge in [0.05, 0.1) is 13.0 Å². The van der Waals surface area contributed by atoms with Crippen molar-refractivity contribution in [3.63, 3.8) is 0 Å². The Hall–Kier alpha value is -2.70. The second kappa shape index (κ2) is 5.49. The van der Waals surface area contributed by atoms with E-state index in [1.165, 1.54) is 4.90 Å². The highest BCUT2D eigenvalue weighted by Crippen LogP contribution is 2.30. The topological polar surface area (TPSA) is 79.5 Å². The molecule has 0 radical (unpaired) electrons. The summed E-state index contributed by atoms with van der Waals surface area (Å²) in [5.74, 6) is 0.635. The average molecular weight is 312 g/mol. The Kier molecular flexibility index (Phi) is 3.33. The molecule has 7 nitrogen and oxygen atoms in total. The molecule has 1 aromatic carbocycles. The summed E-state index contributed by atoms with van der Waals surface area (Å²) in [6, 6.07) is 9.78. The Balaban J connectivity index is 1.43. The van der Waals surface area contributed by atoms with E-state index >= 15 is 0 Å². The Morgan fingerprint density at radius 2 is 1.96 bits per heavy atom. The molecular formula is C16H16N4O3. The summed E-state index contributed by atoms with van der Waals surface area (Å²) in [5, 5.41) is 3.88. The number of hydrogen-bond donors (Lipinski definition) is 0. The third kappa shape index (κ3) is 2.81. The van der Waals surface area contributed by atoms with Crippen molar-refractivity contribution < 1.29 is 14.1 Å². The van der Waals surface area contributed by atoms with E-state index in [9.17, 15) is 9.59 Å². The maximum atomic E-state index is 12.2. The summed E-state index contributed by atoms with van der Waals surface area (Å²) in [6.07, 6.45) is 2.50. The Morgan fingerprint density at radius 1 is 1.17 bits per heavy atom. The van der Waals surface area contributed by atoms with Crippen LogP contribution < -0.4 is 0 Å². The lowest BCUT2D eigenvalue weighted by Crippen LogP contribution is -2.34. The van der Waals surface area contributed by atoms with Crippen LogP contribution in [0.4, 0.5) is 4.79 Å². The van der Waals surface area contributed by atoms with Gasteiger partial charge < -0.3 is 9.42 Å². The van der Waals surface area contributed by atoms with Gasteiger partial charge in [0.25, 0.3) is 5.91 Å². The van der Waals surface area contributed by atoms with Gasteiger partial charge in [-0.25, -0.2) is 4.79 Å². The molecule has 0 unspecified atom stereocenters. The number of urea groups is 1. The minimum Gasteiger partial charge on any atom is -0.339 e. The molecule has 2 heterocycles. The summed E-state index contributed by atoms with van der Waals surface area (Å²) in [7, 11) is 0. The van der Waals surface area contributed by atoms with Crippen molar-refractivity contribution in [3.05, 3.63) is 47.6 Å². The van der Waals surface area contributed by atoms with Gasteiger partial charge >= 0.3 is 6.03 Å². The van der Waals surface area contributed by atoms with Crippen LogP contribution in [0.3, 0.4) is 0 Å². The van der Waals surface area contributed by atoms with E-state index in [2.05, 4.69) is 10.1 Å². The molecule has 1 saturated carbocycles. The van der Waals surface area contributed by atoms with Gasteiger partial charge in [-0.05, 0) is 18.4 Å². The van der Waals surface area contributed by atoms with E-state index in [0.29, 0.717) is 18.1 Å². The van der Waals surface area contributed by atoms with Gasteiger partial charge in [0.1, 0.15) is 6.54 Å². The Labute approximate surface area is 132 Å². The van der Waals surface area contributed by atoms with Crippen LogP contribution in [0.2, 0.25) is 0 Å². The number of carbonyl (C=O) groups is 2. The van der Waals surface area contributed by atoms with Gasteiger partial charge in [-0.2, -0.15) is 4.98 Å². The lowest BCUT2D eigenvalue weighted by atomic mass is 10.1. The molecule has 1 aliphatic carbocycles.